The van der Waals surface area contributed by atoms with Gasteiger partial charge in [-0.25, -0.2) is 0 Å². The summed E-state index contributed by atoms with van der Waals surface area (Å²) in [6, 6.07) is 10.8. The van der Waals surface area contributed by atoms with Gasteiger partial charge in [-0.05, 0) is 36.7 Å². The first-order chi connectivity index (χ1) is 8.26. The topological polar surface area (TPSA) is 0 Å². The van der Waals surface area contributed by atoms with Crippen LogP contribution in [-0.4, -0.2) is 10.7 Å². The van der Waals surface area contributed by atoms with Crippen LogP contribution in [0.1, 0.15) is 38.2 Å². The summed E-state index contributed by atoms with van der Waals surface area (Å²) in [4.78, 5) is 0. The number of aryl methyl sites for hydroxylation is 1. The zero-order valence-electron chi connectivity index (χ0n) is 10.6. The van der Waals surface area contributed by atoms with Crippen molar-refractivity contribution >= 4 is 31.9 Å². The van der Waals surface area contributed by atoms with E-state index in [1.807, 2.05) is 0 Å². The molecule has 2 heteroatoms. The number of hydrogen-bond donors (Lipinski definition) is 0. The summed E-state index contributed by atoms with van der Waals surface area (Å²) in [5, 5.41) is 2.21. The molecule has 1 aromatic carbocycles. The Hall–Kier alpha value is 0.180. The molecule has 0 fully saturated rings. The summed E-state index contributed by atoms with van der Waals surface area (Å²) in [7, 11) is 0. The summed E-state index contributed by atoms with van der Waals surface area (Å²) >= 11 is 7.38. The predicted octanol–water partition coefficient (Wildman–Crippen LogP) is 5.59. The van der Waals surface area contributed by atoms with Gasteiger partial charge in [-0.3, -0.25) is 0 Å². The molecule has 0 unspecified atom stereocenters. The molecule has 0 atom stereocenters. The van der Waals surface area contributed by atoms with Gasteiger partial charge in [0.1, 0.15) is 0 Å². The van der Waals surface area contributed by atoms with Gasteiger partial charge in [-0.2, -0.15) is 0 Å². The van der Waals surface area contributed by atoms with Crippen LogP contribution in [-0.2, 0) is 6.42 Å². The number of alkyl halides is 2. The van der Waals surface area contributed by atoms with E-state index in [2.05, 4.69) is 69.1 Å². The lowest BCUT2D eigenvalue weighted by Crippen LogP contribution is -2.24. The van der Waals surface area contributed by atoms with E-state index in [4.69, 9.17) is 0 Å². The molecule has 0 aromatic heterocycles. The number of rotatable bonds is 8. The molecule has 0 N–H and O–H groups in total. The third-order valence-electron chi connectivity index (χ3n) is 3.36. The second-order valence-electron chi connectivity index (χ2n) is 4.86. The first-order valence-electron chi connectivity index (χ1n) is 6.42. The molecule has 0 nitrogen and oxygen atoms in total. The van der Waals surface area contributed by atoms with Crippen molar-refractivity contribution in [1.82, 2.24) is 0 Å². The molecule has 1 rings (SSSR count). The molecule has 0 aliphatic heterocycles. The van der Waals surface area contributed by atoms with Gasteiger partial charge in [-0.1, -0.05) is 75.5 Å². The third kappa shape index (κ3) is 5.13. The lowest BCUT2D eigenvalue weighted by molar-refractivity contribution is 0.317. The van der Waals surface area contributed by atoms with E-state index in [-0.39, 0.29) is 0 Å². The van der Waals surface area contributed by atoms with Crippen molar-refractivity contribution in [2.24, 2.45) is 5.41 Å². The normalized spacial score (nSPS) is 11.7. The maximum Gasteiger partial charge on any atom is 0.00959 e. The van der Waals surface area contributed by atoms with Crippen LogP contribution in [0.25, 0.3) is 0 Å². The van der Waals surface area contributed by atoms with Crippen LogP contribution in [0, 0.1) is 5.41 Å². The van der Waals surface area contributed by atoms with E-state index >= 15 is 0 Å². The van der Waals surface area contributed by atoms with Gasteiger partial charge >= 0.3 is 0 Å². The molecule has 17 heavy (non-hydrogen) atoms. The highest BCUT2D eigenvalue weighted by atomic mass is 79.9. The van der Waals surface area contributed by atoms with Crippen LogP contribution in [0.15, 0.2) is 30.3 Å². The van der Waals surface area contributed by atoms with Crippen molar-refractivity contribution in [2.45, 2.75) is 39.0 Å². The average Bonchev–Trinajstić information content (AvgIpc) is 2.39. The SMILES string of the molecule is CCCC(CBr)(CBr)CCCc1ccccc1. The minimum Gasteiger partial charge on any atom is -0.0922 e. The van der Waals surface area contributed by atoms with Crippen LogP contribution in [0.5, 0.6) is 0 Å². The summed E-state index contributed by atoms with van der Waals surface area (Å²) in [6.07, 6.45) is 6.35. The van der Waals surface area contributed by atoms with Gasteiger partial charge in [0.25, 0.3) is 0 Å². The van der Waals surface area contributed by atoms with Crippen molar-refractivity contribution in [3.63, 3.8) is 0 Å². The molecular formula is C15H22Br2. The number of halogens is 2. The van der Waals surface area contributed by atoms with Crippen LogP contribution >= 0.6 is 31.9 Å². The summed E-state index contributed by atoms with van der Waals surface area (Å²) in [6.45, 7) is 2.28. The quantitative estimate of drug-likeness (QED) is 0.529. The molecule has 0 spiro atoms. The fourth-order valence-electron chi connectivity index (χ4n) is 2.27. The van der Waals surface area contributed by atoms with E-state index in [1.54, 1.807) is 0 Å². The summed E-state index contributed by atoms with van der Waals surface area (Å²) in [5.41, 5.74) is 1.91. The Morgan fingerprint density at radius 2 is 1.65 bits per heavy atom. The van der Waals surface area contributed by atoms with E-state index in [1.165, 1.54) is 37.7 Å². The summed E-state index contributed by atoms with van der Waals surface area (Å²) < 4.78 is 0. The maximum absolute atomic E-state index is 3.69. The standard InChI is InChI=1S/C15H22Br2/c1-2-10-15(12-16,13-17)11-6-9-14-7-4-3-5-8-14/h3-5,7-8H,2,6,9-13H2,1H3. The Bertz CT molecular complexity index is 291. The van der Waals surface area contributed by atoms with Gasteiger partial charge < -0.3 is 0 Å². The van der Waals surface area contributed by atoms with E-state index in [9.17, 15) is 0 Å². The Morgan fingerprint density at radius 1 is 1.00 bits per heavy atom. The lowest BCUT2D eigenvalue weighted by atomic mass is 9.82. The lowest BCUT2D eigenvalue weighted by Gasteiger charge is -2.29. The molecule has 0 aliphatic rings. The van der Waals surface area contributed by atoms with Crippen molar-refractivity contribution in [1.29, 1.82) is 0 Å². The molecule has 0 aliphatic carbocycles. The molecule has 96 valence electrons. The first-order valence-corrected chi connectivity index (χ1v) is 8.66. The van der Waals surface area contributed by atoms with E-state index < -0.39 is 0 Å². The Morgan fingerprint density at radius 3 is 2.18 bits per heavy atom. The van der Waals surface area contributed by atoms with Crippen molar-refractivity contribution in [3.05, 3.63) is 35.9 Å². The molecule has 0 amide bonds. The molecule has 1 aromatic rings. The van der Waals surface area contributed by atoms with Gasteiger partial charge in [0.05, 0.1) is 0 Å². The molecular weight excluding hydrogens is 340 g/mol. The maximum atomic E-state index is 3.69. The fourth-order valence-corrected chi connectivity index (χ4v) is 4.32. The highest BCUT2D eigenvalue weighted by Gasteiger charge is 2.25. The van der Waals surface area contributed by atoms with Crippen LogP contribution in [0.4, 0.5) is 0 Å². The predicted molar refractivity (Wildman–Crippen MR) is 84.3 cm³/mol. The first kappa shape index (κ1) is 15.2. The fraction of sp³-hybridized carbons (Fsp3) is 0.600. The highest BCUT2D eigenvalue weighted by molar-refractivity contribution is 9.09. The number of hydrogen-bond acceptors (Lipinski definition) is 0. The van der Waals surface area contributed by atoms with Gasteiger partial charge in [0.15, 0.2) is 0 Å². The van der Waals surface area contributed by atoms with E-state index in [0.29, 0.717) is 5.41 Å². The second-order valence-corrected chi connectivity index (χ2v) is 5.98. The molecule has 0 radical (unpaired) electrons. The minimum absolute atomic E-state index is 0.448. The molecule has 0 saturated carbocycles. The number of benzene rings is 1. The smallest absolute Gasteiger partial charge is 0.00959 e. The zero-order valence-corrected chi connectivity index (χ0v) is 13.8. The van der Waals surface area contributed by atoms with Crippen molar-refractivity contribution in [3.8, 4) is 0 Å². The van der Waals surface area contributed by atoms with Crippen LogP contribution in [0.2, 0.25) is 0 Å². The Kier molecular flexibility index (Phi) is 7.45. The Labute approximate surface area is 122 Å². The summed E-state index contributed by atoms with van der Waals surface area (Å²) in [5.74, 6) is 0. The van der Waals surface area contributed by atoms with E-state index in [0.717, 1.165) is 10.7 Å². The molecule has 0 saturated heterocycles. The van der Waals surface area contributed by atoms with Crippen LogP contribution in [0.3, 0.4) is 0 Å². The molecule has 0 bridgehead atoms. The largest absolute Gasteiger partial charge is 0.0922 e. The highest BCUT2D eigenvalue weighted by Crippen LogP contribution is 2.34. The van der Waals surface area contributed by atoms with Crippen molar-refractivity contribution in [2.75, 3.05) is 10.7 Å². The van der Waals surface area contributed by atoms with Gasteiger partial charge in [0.2, 0.25) is 0 Å². The van der Waals surface area contributed by atoms with Crippen molar-refractivity contribution < 1.29 is 0 Å². The Balaban J connectivity index is 2.42. The van der Waals surface area contributed by atoms with Crippen LogP contribution < -0.4 is 0 Å². The monoisotopic (exact) mass is 360 g/mol. The molecule has 0 heterocycles. The minimum atomic E-state index is 0.448. The second kappa shape index (κ2) is 8.31. The third-order valence-corrected chi connectivity index (χ3v) is 5.74. The zero-order chi connectivity index (χ0) is 12.6. The van der Waals surface area contributed by atoms with Gasteiger partial charge in [0, 0.05) is 10.7 Å². The van der Waals surface area contributed by atoms with Gasteiger partial charge in [-0.15, -0.1) is 0 Å². The average molecular weight is 362 g/mol.